The first-order valence-corrected chi connectivity index (χ1v) is 10.3. The number of amidine groups is 1. The average molecular weight is 442 g/mol. The molecule has 1 aliphatic rings. The molecule has 7 nitrogen and oxygen atoms in total. The maximum Gasteiger partial charge on any atom is 0.412 e. The van der Waals surface area contributed by atoms with Gasteiger partial charge in [0.05, 0.1) is 23.9 Å². The molecule has 0 fully saturated rings. The topological polar surface area (TPSA) is 96.4 Å². The molecule has 3 aromatic carbocycles. The van der Waals surface area contributed by atoms with Crippen molar-refractivity contribution in [3.05, 3.63) is 93.7 Å². The van der Waals surface area contributed by atoms with Gasteiger partial charge in [-0.3, -0.25) is 10.1 Å². The summed E-state index contributed by atoms with van der Waals surface area (Å²) in [5.74, 6) is 0.128. The van der Waals surface area contributed by atoms with Crippen molar-refractivity contribution >= 4 is 28.4 Å². The molecule has 1 amide bonds. The number of benzene rings is 3. The Morgan fingerprint density at radius 2 is 1.94 bits per heavy atom. The minimum atomic E-state index is -0.580. The number of carbonyl (C=O) groups is 1. The van der Waals surface area contributed by atoms with Crippen LogP contribution in [0.15, 0.2) is 70.5 Å². The van der Waals surface area contributed by atoms with E-state index in [1.54, 1.807) is 36.4 Å². The molecule has 164 valence electrons. The summed E-state index contributed by atoms with van der Waals surface area (Å²) in [6.07, 6.45) is 0.120. The zero-order valence-electron chi connectivity index (χ0n) is 17.7. The molecule has 2 N–H and O–H groups in total. The van der Waals surface area contributed by atoms with E-state index in [0.717, 1.165) is 5.56 Å². The number of carbonyl (C=O) groups excluding carboxylic acids is 1. The summed E-state index contributed by atoms with van der Waals surface area (Å²) in [6.45, 7) is 0. The van der Waals surface area contributed by atoms with Gasteiger partial charge in [0.2, 0.25) is 0 Å². The van der Waals surface area contributed by atoms with E-state index in [0.29, 0.717) is 51.1 Å². The lowest BCUT2D eigenvalue weighted by Gasteiger charge is -2.10. The molecule has 1 aliphatic heterocycles. The Balaban J connectivity index is 1.49. The summed E-state index contributed by atoms with van der Waals surface area (Å²) in [5, 5.41) is 10.5. The number of H-pyrrole nitrogens is 1. The number of aromatic amines is 1. The van der Waals surface area contributed by atoms with E-state index in [1.165, 1.54) is 7.11 Å². The second-order valence-corrected chi connectivity index (χ2v) is 7.70. The Morgan fingerprint density at radius 1 is 1.12 bits per heavy atom. The minimum absolute atomic E-state index is 0.229. The third-order valence-corrected chi connectivity index (χ3v) is 5.65. The number of halogens is 1. The number of aliphatic imine (C=N–C) groups is 1. The molecule has 33 heavy (non-hydrogen) atoms. The molecule has 0 unspecified atom stereocenters. The van der Waals surface area contributed by atoms with Crippen molar-refractivity contribution in [2.45, 2.75) is 12.8 Å². The maximum absolute atomic E-state index is 15.6. The third kappa shape index (κ3) is 3.87. The molecule has 0 radical (unpaired) electrons. The first-order valence-electron chi connectivity index (χ1n) is 10.3. The number of rotatable bonds is 3. The Labute approximate surface area is 188 Å². The minimum Gasteiger partial charge on any atom is -0.453 e. The summed E-state index contributed by atoms with van der Waals surface area (Å²) in [5.41, 5.74) is 3.52. The quantitative estimate of drug-likeness (QED) is 0.495. The van der Waals surface area contributed by atoms with Crippen LogP contribution in [0.5, 0.6) is 0 Å². The van der Waals surface area contributed by atoms with E-state index in [2.05, 4.69) is 25.2 Å². The number of ether oxygens (including phenoxy) is 1. The molecule has 0 bridgehead atoms. The third-order valence-electron chi connectivity index (χ3n) is 5.65. The van der Waals surface area contributed by atoms with Crippen LogP contribution in [0.2, 0.25) is 0 Å². The Bertz CT molecular complexity index is 1490. The molecule has 0 atom stereocenters. The van der Waals surface area contributed by atoms with Gasteiger partial charge in [-0.05, 0) is 28.8 Å². The number of nitrogens with zero attached hydrogens (tertiary/aromatic N) is 2. The number of hydrogen-bond donors (Lipinski definition) is 2. The van der Waals surface area contributed by atoms with Crippen molar-refractivity contribution in [2.75, 3.05) is 7.11 Å². The van der Waals surface area contributed by atoms with Crippen LogP contribution in [-0.4, -0.2) is 29.2 Å². The number of alkyl carbamates (subject to hydrolysis) is 1. The van der Waals surface area contributed by atoms with Gasteiger partial charge in [-0.2, -0.15) is 5.10 Å². The summed E-state index contributed by atoms with van der Waals surface area (Å²) in [6, 6.07) is 17.9. The van der Waals surface area contributed by atoms with Gasteiger partial charge in [-0.25, -0.2) is 19.3 Å². The predicted molar refractivity (Wildman–Crippen MR) is 123 cm³/mol. The first kappa shape index (κ1) is 20.6. The van der Waals surface area contributed by atoms with E-state index in [-0.39, 0.29) is 17.8 Å². The number of hydrogen-bond acceptors (Lipinski definition) is 5. The molecule has 8 heteroatoms. The van der Waals surface area contributed by atoms with Crippen LogP contribution >= 0.6 is 0 Å². The first-order chi connectivity index (χ1) is 16.0. The number of aromatic nitrogens is 2. The highest BCUT2D eigenvalue weighted by Gasteiger charge is 2.19. The fourth-order valence-corrected chi connectivity index (χ4v) is 4.02. The molecule has 0 saturated carbocycles. The van der Waals surface area contributed by atoms with Gasteiger partial charge in [0.15, 0.2) is 0 Å². The molecular formula is C25H19FN4O3. The van der Waals surface area contributed by atoms with Crippen LogP contribution in [-0.2, 0) is 17.6 Å². The molecular weight excluding hydrogens is 423 g/mol. The van der Waals surface area contributed by atoms with Crippen LogP contribution in [0.3, 0.4) is 0 Å². The van der Waals surface area contributed by atoms with Gasteiger partial charge < -0.3 is 4.74 Å². The highest BCUT2D eigenvalue weighted by Crippen LogP contribution is 2.34. The zero-order chi connectivity index (χ0) is 22.9. The fourth-order valence-electron chi connectivity index (χ4n) is 4.02. The Morgan fingerprint density at radius 3 is 2.76 bits per heavy atom. The smallest absolute Gasteiger partial charge is 0.412 e. The van der Waals surface area contributed by atoms with E-state index in [1.807, 2.05) is 24.3 Å². The molecule has 0 aliphatic carbocycles. The van der Waals surface area contributed by atoms with Gasteiger partial charge >= 0.3 is 6.09 Å². The fraction of sp³-hybridized carbons (Fsp3) is 0.120. The monoisotopic (exact) mass is 442 g/mol. The summed E-state index contributed by atoms with van der Waals surface area (Å²) >= 11 is 0. The lowest BCUT2D eigenvalue weighted by Crippen LogP contribution is -2.30. The second kappa shape index (κ2) is 8.31. The predicted octanol–water partition coefficient (Wildman–Crippen LogP) is 4.26. The molecule has 0 spiro atoms. The van der Waals surface area contributed by atoms with Crippen LogP contribution < -0.4 is 10.9 Å². The van der Waals surface area contributed by atoms with Gasteiger partial charge in [0.1, 0.15) is 11.7 Å². The summed E-state index contributed by atoms with van der Waals surface area (Å²) in [7, 11) is 1.29. The molecule has 0 saturated heterocycles. The van der Waals surface area contributed by atoms with E-state index >= 15 is 4.39 Å². The van der Waals surface area contributed by atoms with Crippen molar-refractivity contribution in [1.29, 1.82) is 0 Å². The van der Waals surface area contributed by atoms with Crippen LogP contribution in [0.25, 0.3) is 21.9 Å². The van der Waals surface area contributed by atoms with Crippen molar-refractivity contribution in [1.82, 2.24) is 15.5 Å². The summed E-state index contributed by atoms with van der Waals surface area (Å²) < 4.78 is 20.2. The van der Waals surface area contributed by atoms with Crippen LogP contribution in [0.1, 0.15) is 16.8 Å². The normalized spacial score (nSPS) is 12.4. The van der Waals surface area contributed by atoms with Gasteiger partial charge in [0.25, 0.3) is 5.56 Å². The number of methoxy groups -OCH3 is 1. The highest BCUT2D eigenvalue weighted by molar-refractivity contribution is 6.01. The second-order valence-electron chi connectivity index (χ2n) is 7.70. The Kier molecular flexibility index (Phi) is 5.18. The average Bonchev–Trinajstić information content (AvgIpc) is 3.23. The van der Waals surface area contributed by atoms with Crippen molar-refractivity contribution in [2.24, 2.45) is 4.99 Å². The molecule has 1 aromatic heterocycles. The molecule has 5 rings (SSSR count). The summed E-state index contributed by atoms with van der Waals surface area (Å²) in [4.78, 5) is 27.9. The Hall–Kier alpha value is -4.33. The standard InChI is InChI=1S/C25H19FN4O3/c1-33-25(32)28-22-13-15-10-9-14(11-20(15)27-22)17-8-4-5-16(23(17)26)12-21-18-6-2-3-7-19(18)24(31)30-29-21/h2-11H,12-13H2,1H3,(H,30,31)(H,27,28,32). The lowest BCUT2D eigenvalue weighted by molar-refractivity contribution is 0.176. The number of amides is 1. The number of nitrogens with one attached hydrogen (secondary N) is 2. The maximum atomic E-state index is 15.6. The van der Waals surface area contributed by atoms with E-state index < -0.39 is 6.09 Å². The van der Waals surface area contributed by atoms with Gasteiger partial charge in [-0.1, -0.05) is 48.5 Å². The van der Waals surface area contributed by atoms with E-state index in [4.69, 9.17) is 0 Å². The van der Waals surface area contributed by atoms with Crippen LogP contribution in [0, 0.1) is 5.82 Å². The largest absolute Gasteiger partial charge is 0.453 e. The zero-order valence-corrected chi connectivity index (χ0v) is 17.7. The van der Waals surface area contributed by atoms with Crippen molar-refractivity contribution in [3.8, 4) is 11.1 Å². The lowest BCUT2D eigenvalue weighted by atomic mass is 9.97. The van der Waals surface area contributed by atoms with Gasteiger partial charge in [-0.15, -0.1) is 0 Å². The molecule has 4 aromatic rings. The SMILES string of the molecule is COC(=O)NC1=Nc2cc(-c3cccc(Cc4n[nH]c(=O)c5ccccc45)c3F)ccc2C1. The van der Waals surface area contributed by atoms with Crippen LogP contribution in [0.4, 0.5) is 14.9 Å². The molecule has 2 heterocycles. The number of fused-ring (bicyclic) bond motifs is 2. The van der Waals surface area contributed by atoms with E-state index in [9.17, 15) is 9.59 Å². The van der Waals surface area contributed by atoms with Crippen molar-refractivity contribution < 1.29 is 13.9 Å². The highest BCUT2D eigenvalue weighted by atomic mass is 19.1. The van der Waals surface area contributed by atoms with Crippen molar-refractivity contribution in [3.63, 3.8) is 0 Å². The van der Waals surface area contributed by atoms with Gasteiger partial charge in [0, 0.05) is 23.8 Å².